The molecule has 1 aromatic carbocycles. The van der Waals surface area contributed by atoms with Crippen LogP contribution in [0.25, 0.3) is 11.0 Å². The van der Waals surface area contributed by atoms with Gasteiger partial charge in [0.15, 0.2) is 0 Å². The third-order valence-corrected chi connectivity index (χ3v) is 3.29. The number of carbonyl (C=O) groups is 1. The molecule has 0 saturated heterocycles. The van der Waals surface area contributed by atoms with Crippen LogP contribution in [0.5, 0.6) is 0 Å². The molecule has 2 rings (SSSR count). The summed E-state index contributed by atoms with van der Waals surface area (Å²) < 4.78 is 2.25. The van der Waals surface area contributed by atoms with E-state index < -0.39 is 5.97 Å². The minimum absolute atomic E-state index is 0.0456. The molecule has 4 nitrogen and oxygen atoms in total. The average Bonchev–Trinajstić information content (AvgIpc) is 2.63. The molecule has 0 atom stereocenters. The van der Waals surface area contributed by atoms with E-state index in [1.807, 2.05) is 18.2 Å². The lowest BCUT2D eigenvalue weighted by molar-refractivity contribution is -0.136. The third kappa shape index (κ3) is 3.00. The van der Waals surface area contributed by atoms with Crippen molar-refractivity contribution in [1.29, 1.82) is 0 Å². The number of aromatic nitrogens is 2. The molecule has 0 spiro atoms. The predicted octanol–water partition coefficient (Wildman–Crippen LogP) is 3.44. The van der Waals surface area contributed by atoms with Gasteiger partial charge in [-0.3, -0.25) is 4.79 Å². The second kappa shape index (κ2) is 5.65. The van der Waals surface area contributed by atoms with Crippen LogP contribution >= 0.6 is 0 Å². The van der Waals surface area contributed by atoms with Crippen molar-refractivity contribution >= 4 is 17.0 Å². The van der Waals surface area contributed by atoms with Crippen LogP contribution < -0.4 is 0 Å². The van der Waals surface area contributed by atoms with E-state index in [2.05, 4.69) is 32.3 Å². The molecule has 0 bridgehead atoms. The summed E-state index contributed by atoms with van der Waals surface area (Å²) in [5, 5.41) is 8.88. The van der Waals surface area contributed by atoms with Gasteiger partial charge in [-0.15, -0.1) is 0 Å². The molecule has 1 aromatic heterocycles. The minimum Gasteiger partial charge on any atom is -0.481 e. The van der Waals surface area contributed by atoms with E-state index in [4.69, 9.17) is 10.1 Å². The van der Waals surface area contributed by atoms with Crippen molar-refractivity contribution in [3.05, 3.63) is 29.6 Å². The zero-order chi connectivity index (χ0) is 14.9. The molecule has 0 radical (unpaired) electrons. The van der Waals surface area contributed by atoms with E-state index in [0.29, 0.717) is 12.0 Å². The Morgan fingerprint density at radius 3 is 2.55 bits per heavy atom. The quantitative estimate of drug-likeness (QED) is 0.908. The Kier molecular flexibility index (Phi) is 4.12. The number of aliphatic carboxylic acids is 1. The molecule has 0 unspecified atom stereocenters. The van der Waals surface area contributed by atoms with Crippen molar-refractivity contribution in [1.82, 2.24) is 9.55 Å². The van der Waals surface area contributed by atoms with E-state index in [9.17, 15) is 4.79 Å². The molecule has 0 aliphatic carbocycles. The molecule has 1 N–H and O–H groups in total. The molecular weight excluding hydrogens is 252 g/mol. The standard InChI is InChI=1S/C16H22N2O2/c1-10(2)7-15-17-13-8-12(9-16(19)20)5-6-14(13)18(15)11(3)4/h5-6,8,10-11H,7,9H2,1-4H3,(H,19,20). The first-order valence-electron chi connectivity index (χ1n) is 7.10. The van der Waals surface area contributed by atoms with Crippen molar-refractivity contribution in [2.75, 3.05) is 0 Å². The van der Waals surface area contributed by atoms with E-state index >= 15 is 0 Å². The molecule has 0 aliphatic heterocycles. The van der Waals surface area contributed by atoms with Gasteiger partial charge in [-0.1, -0.05) is 19.9 Å². The maximum absolute atomic E-state index is 10.8. The summed E-state index contributed by atoms with van der Waals surface area (Å²) in [5.74, 6) is 0.815. The lowest BCUT2D eigenvalue weighted by Crippen LogP contribution is -2.08. The maximum Gasteiger partial charge on any atom is 0.307 e. The molecule has 2 aromatic rings. The zero-order valence-electron chi connectivity index (χ0n) is 12.6. The van der Waals surface area contributed by atoms with Crippen LogP contribution in [0, 0.1) is 5.92 Å². The Labute approximate surface area is 119 Å². The molecular formula is C16H22N2O2. The average molecular weight is 274 g/mol. The van der Waals surface area contributed by atoms with Crippen LogP contribution in [0.1, 0.15) is 45.1 Å². The Morgan fingerprint density at radius 2 is 2.00 bits per heavy atom. The first kappa shape index (κ1) is 14.6. The molecule has 20 heavy (non-hydrogen) atoms. The summed E-state index contributed by atoms with van der Waals surface area (Å²) >= 11 is 0. The molecule has 4 heteroatoms. The first-order chi connectivity index (χ1) is 9.38. The highest BCUT2D eigenvalue weighted by atomic mass is 16.4. The van der Waals surface area contributed by atoms with E-state index in [1.54, 1.807) is 0 Å². The SMILES string of the molecule is CC(C)Cc1nc2cc(CC(=O)O)ccc2n1C(C)C. The van der Waals surface area contributed by atoms with Gasteiger partial charge in [0.1, 0.15) is 5.82 Å². The lowest BCUT2D eigenvalue weighted by Gasteiger charge is -2.14. The first-order valence-corrected chi connectivity index (χ1v) is 7.10. The second-order valence-electron chi connectivity index (χ2n) is 5.98. The van der Waals surface area contributed by atoms with Crippen molar-refractivity contribution in [2.24, 2.45) is 5.92 Å². The van der Waals surface area contributed by atoms with E-state index in [-0.39, 0.29) is 6.42 Å². The highest BCUT2D eigenvalue weighted by Crippen LogP contribution is 2.24. The van der Waals surface area contributed by atoms with Gasteiger partial charge in [0.05, 0.1) is 17.5 Å². The molecule has 108 valence electrons. The summed E-state index contributed by atoms with van der Waals surface area (Å²) in [7, 11) is 0. The normalized spacial score (nSPS) is 11.7. The van der Waals surface area contributed by atoms with E-state index in [1.165, 1.54) is 0 Å². The zero-order valence-corrected chi connectivity index (χ0v) is 12.6. The fraction of sp³-hybridized carbons (Fsp3) is 0.500. The molecule has 0 amide bonds. The van der Waals surface area contributed by atoms with Gasteiger partial charge >= 0.3 is 5.97 Å². The monoisotopic (exact) mass is 274 g/mol. The number of nitrogens with zero attached hydrogens (tertiary/aromatic N) is 2. The predicted molar refractivity (Wildman–Crippen MR) is 80.0 cm³/mol. The summed E-state index contributed by atoms with van der Waals surface area (Å²) in [4.78, 5) is 15.5. The fourth-order valence-corrected chi connectivity index (χ4v) is 2.56. The van der Waals surface area contributed by atoms with Gasteiger partial charge in [-0.25, -0.2) is 4.98 Å². The number of carboxylic acid groups (broad SMARTS) is 1. The van der Waals surface area contributed by atoms with Crippen LogP contribution in [-0.4, -0.2) is 20.6 Å². The highest BCUT2D eigenvalue weighted by molar-refractivity contribution is 5.79. The largest absolute Gasteiger partial charge is 0.481 e. The van der Waals surface area contributed by atoms with Crippen molar-refractivity contribution in [3.63, 3.8) is 0 Å². The Balaban J connectivity index is 2.51. The third-order valence-electron chi connectivity index (χ3n) is 3.29. The van der Waals surface area contributed by atoms with Crippen LogP contribution in [-0.2, 0) is 17.6 Å². The van der Waals surface area contributed by atoms with Crippen molar-refractivity contribution < 1.29 is 9.90 Å². The van der Waals surface area contributed by atoms with Crippen molar-refractivity contribution in [2.45, 2.75) is 46.6 Å². The highest BCUT2D eigenvalue weighted by Gasteiger charge is 2.15. The van der Waals surface area contributed by atoms with Gasteiger partial charge < -0.3 is 9.67 Å². The van der Waals surface area contributed by atoms with Gasteiger partial charge in [0, 0.05) is 12.5 Å². The Bertz CT molecular complexity index is 627. The topological polar surface area (TPSA) is 55.1 Å². The second-order valence-corrected chi connectivity index (χ2v) is 5.98. The van der Waals surface area contributed by atoms with Crippen LogP contribution in [0.2, 0.25) is 0 Å². The Hall–Kier alpha value is -1.84. The van der Waals surface area contributed by atoms with Gasteiger partial charge in [0.25, 0.3) is 0 Å². The van der Waals surface area contributed by atoms with Gasteiger partial charge in [-0.2, -0.15) is 0 Å². The van der Waals surface area contributed by atoms with Gasteiger partial charge in [-0.05, 0) is 37.5 Å². The van der Waals surface area contributed by atoms with Crippen LogP contribution in [0.15, 0.2) is 18.2 Å². The fourth-order valence-electron chi connectivity index (χ4n) is 2.56. The molecule has 0 saturated carbocycles. The summed E-state index contributed by atoms with van der Waals surface area (Å²) in [5.41, 5.74) is 2.78. The number of rotatable bonds is 5. The Morgan fingerprint density at radius 1 is 1.30 bits per heavy atom. The lowest BCUT2D eigenvalue weighted by atomic mass is 10.1. The van der Waals surface area contributed by atoms with Crippen molar-refractivity contribution in [3.8, 4) is 0 Å². The number of hydrogen-bond donors (Lipinski definition) is 1. The molecule has 0 aliphatic rings. The maximum atomic E-state index is 10.8. The molecule has 1 heterocycles. The number of fused-ring (bicyclic) bond motifs is 1. The summed E-state index contributed by atoms with van der Waals surface area (Å²) in [6.45, 7) is 8.66. The summed E-state index contributed by atoms with van der Waals surface area (Å²) in [6.07, 6.45) is 0.977. The van der Waals surface area contributed by atoms with Crippen LogP contribution in [0.4, 0.5) is 0 Å². The number of benzene rings is 1. The number of carboxylic acids is 1. The van der Waals surface area contributed by atoms with Gasteiger partial charge in [0.2, 0.25) is 0 Å². The van der Waals surface area contributed by atoms with E-state index in [0.717, 1.165) is 28.8 Å². The minimum atomic E-state index is -0.810. The smallest absolute Gasteiger partial charge is 0.307 e. The number of imidazole rings is 1. The molecule has 0 fully saturated rings. The number of hydrogen-bond acceptors (Lipinski definition) is 2. The van der Waals surface area contributed by atoms with Crippen LogP contribution in [0.3, 0.4) is 0 Å². The summed E-state index contributed by atoms with van der Waals surface area (Å²) in [6, 6.07) is 6.12.